The van der Waals surface area contributed by atoms with E-state index in [0.29, 0.717) is 22.8 Å². The molecular formula is C16H12ClN3O. The van der Waals surface area contributed by atoms with E-state index in [1.807, 2.05) is 24.3 Å². The van der Waals surface area contributed by atoms with Crippen molar-refractivity contribution in [2.24, 2.45) is 0 Å². The number of hydrogen-bond acceptors (Lipinski definition) is 3. The fourth-order valence-electron chi connectivity index (χ4n) is 1.98. The van der Waals surface area contributed by atoms with Crippen LogP contribution in [-0.4, -0.2) is 15.9 Å². The molecule has 0 saturated heterocycles. The van der Waals surface area contributed by atoms with Gasteiger partial charge in [-0.15, -0.1) is 0 Å². The first kappa shape index (κ1) is 13.5. The van der Waals surface area contributed by atoms with E-state index in [1.165, 1.54) is 0 Å². The molecule has 0 fully saturated rings. The van der Waals surface area contributed by atoms with Crippen LogP contribution in [0, 0.1) is 0 Å². The maximum Gasteiger partial charge on any atom is 0.251 e. The van der Waals surface area contributed by atoms with Gasteiger partial charge in [-0.25, -0.2) is 4.98 Å². The van der Waals surface area contributed by atoms with E-state index in [-0.39, 0.29) is 5.91 Å². The molecule has 0 atom stereocenters. The minimum Gasteiger partial charge on any atom is -0.346 e. The molecular weight excluding hydrogens is 286 g/mol. The third-order valence-electron chi connectivity index (χ3n) is 3.02. The predicted molar refractivity (Wildman–Crippen MR) is 82.2 cm³/mol. The molecule has 104 valence electrons. The Hall–Kier alpha value is -2.46. The van der Waals surface area contributed by atoms with Gasteiger partial charge in [-0.05, 0) is 30.3 Å². The van der Waals surface area contributed by atoms with Gasteiger partial charge in [-0.1, -0.05) is 29.8 Å². The minimum absolute atomic E-state index is 0.188. The Balaban J connectivity index is 1.72. The highest BCUT2D eigenvalue weighted by atomic mass is 35.5. The van der Waals surface area contributed by atoms with Crippen LogP contribution < -0.4 is 5.32 Å². The number of carbonyl (C=O) groups excluding carboxylic acids is 1. The molecule has 1 amide bonds. The second-order valence-electron chi connectivity index (χ2n) is 4.54. The molecule has 2 aromatic carbocycles. The summed E-state index contributed by atoms with van der Waals surface area (Å²) in [6.07, 6.45) is 1.67. The summed E-state index contributed by atoms with van der Waals surface area (Å²) in [4.78, 5) is 20.8. The van der Waals surface area contributed by atoms with Crippen LogP contribution in [-0.2, 0) is 6.54 Å². The van der Waals surface area contributed by atoms with Crippen LogP contribution in [0.4, 0.5) is 0 Å². The van der Waals surface area contributed by atoms with Crippen molar-refractivity contribution in [3.63, 3.8) is 0 Å². The quantitative estimate of drug-likeness (QED) is 0.807. The van der Waals surface area contributed by atoms with E-state index in [1.54, 1.807) is 30.5 Å². The number of carbonyl (C=O) groups is 1. The lowest BCUT2D eigenvalue weighted by molar-refractivity contribution is 0.0950. The average Bonchev–Trinajstić information content (AvgIpc) is 2.52. The van der Waals surface area contributed by atoms with Crippen LogP contribution in [0.1, 0.15) is 16.1 Å². The lowest BCUT2D eigenvalue weighted by Crippen LogP contribution is -2.23. The highest BCUT2D eigenvalue weighted by molar-refractivity contribution is 6.30. The zero-order valence-electron chi connectivity index (χ0n) is 11.1. The van der Waals surface area contributed by atoms with Crippen molar-refractivity contribution < 1.29 is 4.79 Å². The van der Waals surface area contributed by atoms with Crippen molar-refractivity contribution in [3.8, 4) is 0 Å². The summed E-state index contributed by atoms with van der Waals surface area (Å²) in [5, 5.41) is 3.34. The van der Waals surface area contributed by atoms with Crippen LogP contribution in [0.5, 0.6) is 0 Å². The van der Waals surface area contributed by atoms with Gasteiger partial charge in [0.05, 0.1) is 29.5 Å². The first-order chi connectivity index (χ1) is 10.2. The molecule has 0 aliphatic carbocycles. The van der Waals surface area contributed by atoms with Crippen molar-refractivity contribution in [1.29, 1.82) is 0 Å². The summed E-state index contributed by atoms with van der Waals surface area (Å²) >= 11 is 5.87. The van der Waals surface area contributed by atoms with E-state index in [4.69, 9.17) is 11.6 Å². The van der Waals surface area contributed by atoms with Gasteiger partial charge in [0, 0.05) is 10.6 Å². The molecule has 5 heteroatoms. The fourth-order valence-corrected chi connectivity index (χ4v) is 2.17. The van der Waals surface area contributed by atoms with Crippen LogP contribution >= 0.6 is 11.6 Å². The second kappa shape index (κ2) is 5.89. The van der Waals surface area contributed by atoms with Gasteiger partial charge in [-0.2, -0.15) is 0 Å². The first-order valence-electron chi connectivity index (χ1n) is 6.47. The monoisotopic (exact) mass is 297 g/mol. The summed E-state index contributed by atoms with van der Waals surface area (Å²) < 4.78 is 0. The molecule has 0 bridgehead atoms. The van der Waals surface area contributed by atoms with E-state index < -0.39 is 0 Å². The number of nitrogens with zero attached hydrogens (tertiary/aromatic N) is 2. The summed E-state index contributed by atoms with van der Waals surface area (Å²) in [5.41, 5.74) is 2.88. The number of rotatable bonds is 3. The van der Waals surface area contributed by atoms with Crippen molar-refractivity contribution in [1.82, 2.24) is 15.3 Å². The summed E-state index contributed by atoms with van der Waals surface area (Å²) in [7, 11) is 0. The number of para-hydroxylation sites is 2. The van der Waals surface area contributed by atoms with Crippen LogP contribution in [0.2, 0.25) is 5.02 Å². The fraction of sp³-hybridized carbons (Fsp3) is 0.0625. The molecule has 1 N–H and O–H groups in total. The average molecular weight is 298 g/mol. The third-order valence-corrected chi connectivity index (χ3v) is 3.25. The highest BCUT2D eigenvalue weighted by Crippen LogP contribution is 2.11. The number of fused-ring (bicyclic) bond motifs is 1. The van der Waals surface area contributed by atoms with Crippen LogP contribution in [0.3, 0.4) is 0 Å². The van der Waals surface area contributed by atoms with Gasteiger partial charge in [0.25, 0.3) is 5.91 Å². The Morgan fingerprint density at radius 3 is 2.71 bits per heavy atom. The maximum absolute atomic E-state index is 12.0. The number of hydrogen-bond donors (Lipinski definition) is 1. The van der Waals surface area contributed by atoms with Gasteiger partial charge >= 0.3 is 0 Å². The molecule has 0 spiro atoms. The van der Waals surface area contributed by atoms with Gasteiger partial charge in [0.15, 0.2) is 0 Å². The number of halogens is 1. The maximum atomic E-state index is 12.0. The molecule has 3 rings (SSSR count). The van der Waals surface area contributed by atoms with Crippen LogP contribution in [0.15, 0.2) is 54.7 Å². The number of benzene rings is 2. The minimum atomic E-state index is -0.188. The van der Waals surface area contributed by atoms with Gasteiger partial charge in [0.1, 0.15) is 0 Å². The van der Waals surface area contributed by atoms with E-state index >= 15 is 0 Å². The smallest absolute Gasteiger partial charge is 0.251 e. The van der Waals surface area contributed by atoms with E-state index in [9.17, 15) is 4.79 Å². The topological polar surface area (TPSA) is 54.9 Å². The molecule has 0 radical (unpaired) electrons. The summed E-state index contributed by atoms with van der Waals surface area (Å²) in [5.74, 6) is -0.188. The Bertz CT molecular complexity index is 804. The van der Waals surface area contributed by atoms with Gasteiger partial charge < -0.3 is 5.32 Å². The Labute approximate surface area is 126 Å². The van der Waals surface area contributed by atoms with Gasteiger partial charge in [-0.3, -0.25) is 9.78 Å². The Kier molecular flexibility index (Phi) is 3.79. The van der Waals surface area contributed by atoms with Crippen molar-refractivity contribution in [3.05, 3.63) is 71.0 Å². The second-order valence-corrected chi connectivity index (χ2v) is 4.98. The van der Waals surface area contributed by atoms with E-state index in [0.717, 1.165) is 11.0 Å². The van der Waals surface area contributed by atoms with Gasteiger partial charge in [0.2, 0.25) is 0 Å². The molecule has 4 nitrogen and oxygen atoms in total. The Morgan fingerprint density at radius 1 is 1.10 bits per heavy atom. The summed E-state index contributed by atoms with van der Waals surface area (Å²) in [6, 6.07) is 14.4. The zero-order chi connectivity index (χ0) is 14.7. The SMILES string of the molecule is O=C(NCc1cnc2ccccc2n1)c1cccc(Cl)c1. The lowest BCUT2D eigenvalue weighted by atomic mass is 10.2. The predicted octanol–water partition coefficient (Wildman–Crippen LogP) is 3.21. The Morgan fingerprint density at radius 2 is 1.90 bits per heavy atom. The molecule has 0 saturated carbocycles. The highest BCUT2D eigenvalue weighted by Gasteiger charge is 2.06. The van der Waals surface area contributed by atoms with Crippen molar-refractivity contribution >= 4 is 28.5 Å². The molecule has 3 aromatic rings. The van der Waals surface area contributed by atoms with E-state index in [2.05, 4.69) is 15.3 Å². The molecule has 21 heavy (non-hydrogen) atoms. The summed E-state index contributed by atoms with van der Waals surface area (Å²) in [6.45, 7) is 0.323. The molecule has 0 aliphatic heterocycles. The normalized spacial score (nSPS) is 10.5. The first-order valence-corrected chi connectivity index (χ1v) is 6.84. The lowest BCUT2D eigenvalue weighted by Gasteiger charge is -2.06. The van der Waals surface area contributed by atoms with Crippen molar-refractivity contribution in [2.45, 2.75) is 6.54 Å². The standard InChI is InChI=1S/C16H12ClN3O/c17-12-5-3-4-11(8-12)16(21)19-10-13-9-18-14-6-1-2-7-15(14)20-13/h1-9H,10H2,(H,19,21). The zero-order valence-corrected chi connectivity index (χ0v) is 11.8. The number of aromatic nitrogens is 2. The molecule has 1 aromatic heterocycles. The molecule has 0 unspecified atom stereocenters. The third kappa shape index (κ3) is 3.17. The number of amides is 1. The number of nitrogens with one attached hydrogen (secondary N) is 1. The molecule has 0 aliphatic rings. The largest absolute Gasteiger partial charge is 0.346 e. The van der Waals surface area contributed by atoms with Crippen molar-refractivity contribution in [2.75, 3.05) is 0 Å². The molecule has 1 heterocycles. The van der Waals surface area contributed by atoms with Crippen LogP contribution in [0.25, 0.3) is 11.0 Å².